The molecule has 1 aromatic carbocycles. The number of carboxylic acid groups (broad SMARTS) is 1. The first kappa shape index (κ1) is 17.9. The Morgan fingerprint density at radius 2 is 2.12 bits per heavy atom. The molecule has 0 spiro atoms. The fourth-order valence-electron chi connectivity index (χ4n) is 2.90. The van der Waals surface area contributed by atoms with Gasteiger partial charge in [-0.05, 0) is 30.5 Å². The van der Waals surface area contributed by atoms with E-state index in [1.807, 2.05) is 31.2 Å². The van der Waals surface area contributed by atoms with Crippen molar-refractivity contribution < 1.29 is 19.2 Å². The molecule has 1 aliphatic heterocycles. The number of aliphatic carboxylic acids is 1. The molecule has 3 rings (SSSR count). The van der Waals surface area contributed by atoms with Gasteiger partial charge < -0.3 is 19.8 Å². The number of urea groups is 1. The number of carbonyl (C=O) groups is 2. The number of carbonyl (C=O) groups excluding carboxylic acids is 1. The minimum atomic E-state index is -0.840. The average molecular weight is 358 g/mol. The second kappa shape index (κ2) is 7.99. The lowest BCUT2D eigenvalue weighted by Crippen LogP contribution is -2.39. The van der Waals surface area contributed by atoms with Crippen molar-refractivity contribution in [1.82, 2.24) is 20.4 Å². The van der Waals surface area contributed by atoms with E-state index in [1.165, 1.54) is 0 Å². The zero-order chi connectivity index (χ0) is 18.5. The molecular formula is C18H22N4O4. The lowest BCUT2D eigenvalue weighted by atomic mass is 10.1. The number of hydrogen-bond donors (Lipinski definition) is 2. The van der Waals surface area contributed by atoms with Gasteiger partial charge in [-0.15, -0.1) is 0 Å². The first-order chi connectivity index (χ1) is 12.6. The Morgan fingerprint density at radius 3 is 2.73 bits per heavy atom. The highest BCUT2D eigenvalue weighted by molar-refractivity contribution is 5.77. The van der Waals surface area contributed by atoms with Gasteiger partial charge in [-0.1, -0.05) is 24.2 Å². The number of hydrogen-bond acceptors (Lipinski definition) is 5. The Balaban J connectivity index is 1.46. The molecule has 138 valence electrons. The second-order valence-corrected chi connectivity index (χ2v) is 6.32. The summed E-state index contributed by atoms with van der Waals surface area (Å²) < 4.78 is 5.21. The average Bonchev–Trinajstić information content (AvgIpc) is 3.32. The molecular weight excluding hydrogens is 336 g/mol. The number of likely N-dealkylation sites (tertiary alicyclic amines) is 1. The SMILES string of the molecule is CCc1noc(-c2ccc(CCNC(=O)N3CCC(C(=O)O)C3)cc2)n1. The summed E-state index contributed by atoms with van der Waals surface area (Å²) in [6, 6.07) is 7.56. The van der Waals surface area contributed by atoms with E-state index < -0.39 is 11.9 Å². The normalized spacial score (nSPS) is 16.7. The molecule has 0 saturated carbocycles. The van der Waals surface area contributed by atoms with Crippen molar-refractivity contribution >= 4 is 12.0 Å². The fourth-order valence-corrected chi connectivity index (χ4v) is 2.90. The van der Waals surface area contributed by atoms with Crippen LogP contribution in [0.1, 0.15) is 24.7 Å². The molecule has 2 N–H and O–H groups in total. The Morgan fingerprint density at radius 1 is 1.35 bits per heavy atom. The number of rotatable bonds is 6. The van der Waals surface area contributed by atoms with E-state index in [0.717, 1.165) is 17.5 Å². The van der Waals surface area contributed by atoms with Crippen LogP contribution in [0.3, 0.4) is 0 Å². The highest BCUT2D eigenvalue weighted by Gasteiger charge is 2.30. The molecule has 1 aromatic heterocycles. The van der Waals surface area contributed by atoms with Crippen LogP contribution < -0.4 is 5.32 Å². The Bertz CT molecular complexity index is 772. The van der Waals surface area contributed by atoms with Gasteiger partial charge in [0.2, 0.25) is 0 Å². The molecule has 1 unspecified atom stereocenters. The van der Waals surface area contributed by atoms with Gasteiger partial charge in [0.05, 0.1) is 5.92 Å². The molecule has 2 amide bonds. The molecule has 2 heterocycles. The van der Waals surface area contributed by atoms with Gasteiger partial charge in [-0.2, -0.15) is 4.98 Å². The first-order valence-electron chi connectivity index (χ1n) is 8.74. The summed E-state index contributed by atoms with van der Waals surface area (Å²) in [6.45, 7) is 3.23. The van der Waals surface area contributed by atoms with Gasteiger partial charge in [0.1, 0.15) is 0 Å². The minimum absolute atomic E-state index is 0.205. The number of benzene rings is 1. The van der Waals surface area contributed by atoms with Gasteiger partial charge >= 0.3 is 12.0 Å². The number of aryl methyl sites for hydroxylation is 1. The highest BCUT2D eigenvalue weighted by atomic mass is 16.5. The van der Waals surface area contributed by atoms with Gasteiger partial charge in [0.25, 0.3) is 5.89 Å². The third-order valence-electron chi connectivity index (χ3n) is 4.50. The molecule has 2 aromatic rings. The van der Waals surface area contributed by atoms with E-state index in [0.29, 0.717) is 37.6 Å². The molecule has 0 aliphatic carbocycles. The predicted octanol–water partition coefficient (Wildman–Crippen LogP) is 1.96. The summed E-state index contributed by atoms with van der Waals surface area (Å²) in [7, 11) is 0. The molecule has 8 nitrogen and oxygen atoms in total. The highest BCUT2D eigenvalue weighted by Crippen LogP contribution is 2.18. The third-order valence-corrected chi connectivity index (χ3v) is 4.50. The number of aromatic nitrogens is 2. The van der Waals surface area contributed by atoms with E-state index in [9.17, 15) is 9.59 Å². The van der Waals surface area contributed by atoms with Gasteiger partial charge in [0, 0.05) is 31.6 Å². The lowest BCUT2D eigenvalue weighted by molar-refractivity contribution is -0.141. The van der Waals surface area contributed by atoms with Crippen LogP contribution in [0.4, 0.5) is 4.79 Å². The van der Waals surface area contributed by atoms with Crippen LogP contribution in [0, 0.1) is 5.92 Å². The summed E-state index contributed by atoms with van der Waals surface area (Å²) in [6.07, 6.45) is 1.93. The topological polar surface area (TPSA) is 109 Å². The van der Waals surface area contributed by atoms with Crippen LogP contribution in [0.25, 0.3) is 11.5 Å². The van der Waals surface area contributed by atoms with E-state index >= 15 is 0 Å². The Hall–Kier alpha value is -2.90. The maximum Gasteiger partial charge on any atom is 0.317 e. The zero-order valence-electron chi connectivity index (χ0n) is 14.6. The van der Waals surface area contributed by atoms with Crippen LogP contribution >= 0.6 is 0 Å². The summed E-state index contributed by atoms with van der Waals surface area (Å²) in [5.41, 5.74) is 1.94. The smallest absolute Gasteiger partial charge is 0.317 e. The van der Waals surface area contributed by atoms with E-state index in [1.54, 1.807) is 4.90 Å². The summed E-state index contributed by atoms with van der Waals surface area (Å²) >= 11 is 0. The van der Waals surface area contributed by atoms with Gasteiger partial charge in [-0.25, -0.2) is 4.79 Å². The molecule has 1 saturated heterocycles. The fraction of sp³-hybridized carbons (Fsp3) is 0.444. The Labute approximate surface area is 151 Å². The summed E-state index contributed by atoms with van der Waals surface area (Å²) in [5, 5.41) is 15.7. The van der Waals surface area contributed by atoms with Crippen LogP contribution in [0.5, 0.6) is 0 Å². The largest absolute Gasteiger partial charge is 0.481 e. The van der Waals surface area contributed by atoms with Crippen LogP contribution in [-0.4, -0.2) is 51.8 Å². The molecule has 1 atom stereocenters. The van der Waals surface area contributed by atoms with Crippen molar-refractivity contribution in [2.24, 2.45) is 5.92 Å². The molecule has 1 fully saturated rings. The lowest BCUT2D eigenvalue weighted by Gasteiger charge is -2.16. The van der Waals surface area contributed by atoms with Crippen LogP contribution in [-0.2, 0) is 17.6 Å². The van der Waals surface area contributed by atoms with Crippen molar-refractivity contribution in [2.75, 3.05) is 19.6 Å². The number of carboxylic acids is 1. The summed E-state index contributed by atoms with van der Waals surface area (Å²) in [5.74, 6) is -0.110. The van der Waals surface area contributed by atoms with Crippen molar-refractivity contribution in [3.63, 3.8) is 0 Å². The second-order valence-electron chi connectivity index (χ2n) is 6.32. The van der Waals surface area contributed by atoms with Gasteiger partial charge in [-0.3, -0.25) is 4.79 Å². The van der Waals surface area contributed by atoms with E-state index in [-0.39, 0.29) is 12.6 Å². The Kier molecular flexibility index (Phi) is 5.50. The molecule has 8 heteroatoms. The number of amides is 2. The molecule has 26 heavy (non-hydrogen) atoms. The molecule has 1 aliphatic rings. The molecule has 0 radical (unpaired) electrons. The summed E-state index contributed by atoms with van der Waals surface area (Å²) in [4.78, 5) is 28.9. The van der Waals surface area contributed by atoms with Crippen molar-refractivity contribution in [3.05, 3.63) is 35.7 Å². The number of nitrogens with zero attached hydrogens (tertiary/aromatic N) is 3. The molecule has 0 bridgehead atoms. The van der Waals surface area contributed by atoms with Crippen LogP contribution in [0.2, 0.25) is 0 Å². The van der Waals surface area contributed by atoms with Gasteiger partial charge in [0.15, 0.2) is 5.82 Å². The van der Waals surface area contributed by atoms with E-state index in [4.69, 9.17) is 9.63 Å². The zero-order valence-corrected chi connectivity index (χ0v) is 14.6. The standard InChI is InChI=1S/C18H22N4O4/c1-2-15-20-16(26-21-15)13-5-3-12(4-6-13)7-9-19-18(25)22-10-8-14(11-22)17(23)24/h3-6,14H,2,7-11H2,1H3,(H,19,25)(H,23,24). The van der Waals surface area contributed by atoms with Crippen molar-refractivity contribution in [1.29, 1.82) is 0 Å². The van der Waals surface area contributed by atoms with Crippen LogP contribution in [0.15, 0.2) is 28.8 Å². The van der Waals surface area contributed by atoms with Crippen molar-refractivity contribution in [2.45, 2.75) is 26.2 Å². The third kappa shape index (κ3) is 4.19. The monoisotopic (exact) mass is 358 g/mol. The minimum Gasteiger partial charge on any atom is -0.481 e. The first-order valence-corrected chi connectivity index (χ1v) is 8.74. The van der Waals surface area contributed by atoms with Crippen molar-refractivity contribution in [3.8, 4) is 11.5 Å². The quantitative estimate of drug-likeness (QED) is 0.817. The number of nitrogens with one attached hydrogen (secondary N) is 1. The maximum absolute atomic E-state index is 12.1. The predicted molar refractivity (Wildman–Crippen MR) is 93.5 cm³/mol. The maximum atomic E-state index is 12.1. The van der Waals surface area contributed by atoms with E-state index in [2.05, 4.69) is 15.5 Å².